The summed E-state index contributed by atoms with van der Waals surface area (Å²) in [6.45, 7) is 0. The zero-order valence-corrected chi connectivity index (χ0v) is 15.8. The number of amides is 1. The van der Waals surface area contributed by atoms with E-state index in [1.54, 1.807) is 6.20 Å². The first-order valence-electron chi connectivity index (χ1n) is 10.4. The summed E-state index contributed by atoms with van der Waals surface area (Å²) in [6.07, 6.45) is 11.4. The van der Waals surface area contributed by atoms with Gasteiger partial charge in [0.2, 0.25) is 5.96 Å². The number of guanidine groups is 1. The highest BCUT2D eigenvalue weighted by molar-refractivity contribution is 6.15. The summed E-state index contributed by atoms with van der Waals surface area (Å²) in [7, 11) is 0. The predicted octanol–water partition coefficient (Wildman–Crippen LogP) is 3.62. The van der Waals surface area contributed by atoms with Gasteiger partial charge in [-0.05, 0) is 86.1 Å². The fourth-order valence-corrected chi connectivity index (χ4v) is 6.34. The molecule has 2 heterocycles. The van der Waals surface area contributed by atoms with Gasteiger partial charge in [0.15, 0.2) is 0 Å². The normalized spacial score (nSPS) is 36.3. The van der Waals surface area contributed by atoms with Crippen molar-refractivity contribution in [3.8, 4) is 0 Å². The minimum Gasteiger partial charge on any atom is -0.321 e. The minimum atomic E-state index is -0.102. The molecular formula is C23H24N4O. The van der Waals surface area contributed by atoms with Crippen molar-refractivity contribution in [2.75, 3.05) is 0 Å². The Kier molecular flexibility index (Phi) is 3.43. The molecule has 142 valence electrons. The van der Waals surface area contributed by atoms with E-state index in [0.717, 1.165) is 34.2 Å². The zero-order valence-electron chi connectivity index (χ0n) is 15.8. The Morgan fingerprint density at radius 1 is 1.04 bits per heavy atom. The molecule has 1 aromatic carbocycles. The van der Waals surface area contributed by atoms with Crippen LogP contribution >= 0.6 is 0 Å². The van der Waals surface area contributed by atoms with Crippen molar-refractivity contribution in [3.63, 3.8) is 0 Å². The van der Waals surface area contributed by atoms with Crippen LogP contribution in [0.2, 0.25) is 0 Å². The number of fused-ring (bicyclic) bond motifs is 1. The van der Waals surface area contributed by atoms with Crippen LogP contribution < -0.4 is 10.6 Å². The van der Waals surface area contributed by atoms with E-state index in [1.807, 2.05) is 30.3 Å². The van der Waals surface area contributed by atoms with Crippen molar-refractivity contribution in [2.24, 2.45) is 22.7 Å². The Hall–Kier alpha value is -2.69. The van der Waals surface area contributed by atoms with Crippen molar-refractivity contribution in [2.45, 2.75) is 44.1 Å². The second-order valence-electron chi connectivity index (χ2n) is 9.19. The number of hydrogen-bond acceptors (Lipinski definition) is 3. The van der Waals surface area contributed by atoms with Gasteiger partial charge in [0.05, 0.1) is 11.1 Å². The summed E-state index contributed by atoms with van der Waals surface area (Å²) in [5, 5.41) is 7.27. The molecule has 1 saturated heterocycles. The Labute approximate surface area is 164 Å². The minimum absolute atomic E-state index is 0.0500. The Balaban J connectivity index is 1.27. The van der Waals surface area contributed by atoms with Crippen molar-refractivity contribution < 1.29 is 4.79 Å². The van der Waals surface area contributed by atoms with Gasteiger partial charge in [-0.1, -0.05) is 12.1 Å². The van der Waals surface area contributed by atoms with Crippen LogP contribution in [0.25, 0.3) is 17.0 Å². The van der Waals surface area contributed by atoms with E-state index in [2.05, 4.69) is 21.7 Å². The summed E-state index contributed by atoms with van der Waals surface area (Å²) in [4.78, 5) is 21.9. The van der Waals surface area contributed by atoms with Crippen LogP contribution in [0.1, 0.15) is 44.1 Å². The number of aliphatic imine (C=N–C) groups is 1. The molecular weight excluding hydrogens is 348 g/mol. The van der Waals surface area contributed by atoms with E-state index in [9.17, 15) is 4.79 Å². The Morgan fingerprint density at radius 2 is 1.79 bits per heavy atom. The van der Waals surface area contributed by atoms with Gasteiger partial charge >= 0.3 is 0 Å². The maximum atomic E-state index is 12.5. The van der Waals surface area contributed by atoms with Gasteiger partial charge in [0.25, 0.3) is 5.91 Å². The van der Waals surface area contributed by atoms with Crippen LogP contribution in [0.5, 0.6) is 0 Å². The molecule has 4 aliphatic carbocycles. The number of aromatic nitrogens is 1. The molecule has 7 rings (SSSR count). The highest BCUT2D eigenvalue weighted by atomic mass is 16.2. The molecule has 4 saturated carbocycles. The standard InChI is InChI=1S/C23H24N4O/c28-21-20(10-14-3-4-19-18(9-14)2-1-5-24-19)25-22(26-21)27-23-11-15-6-16(12-23)8-17(7-15)13-23/h1-5,9-10,15-17H,6-8,11-13H2,(H2,25,26,27,28)/b20-10-. The van der Waals surface area contributed by atoms with Crippen LogP contribution in [0, 0.1) is 17.8 Å². The molecule has 0 spiro atoms. The first kappa shape index (κ1) is 16.3. The third-order valence-electron chi connectivity index (χ3n) is 7.02. The second-order valence-corrected chi connectivity index (χ2v) is 9.19. The van der Waals surface area contributed by atoms with E-state index in [4.69, 9.17) is 4.99 Å². The lowest BCUT2D eigenvalue weighted by Gasteiger charge is -2.54. The van der Waals surface area contributed by atoms with Crippen LogP contribution in [-0.2, 0) is 4.79 Å². The number of carbonyl (C=O) groups is 1. The number of nitrogens with zero attached hydrogens (tertiary/aromatic N) is 2. The quantitative estimate of drug-likeness (QED) is 0.792. The number of benzene rings is 1. The van der Waals surface area contributed by atoms with Crippen molar-refractivity contribution in [1.29, 1.82) is 0 Å². The second kappa shape index (κ2) is 5.90. The molecule has 1 aliphatic heterocycles. The number of rotatable bonds is 2. The van der Waals surface area contributed by atoms with Gasteiger partial charge in [0.1, 0.15) is 5.70 Å². The Bertz CT molecular complexity index is 1000. The molecule has 5 heteroatoms. The summed E-state index contributed by atoms with van der Waals surface area (Å²) < 4.78 is 0. The highest BCUT2D eigenvalue weighted by Gasteiger charge is 2.51. The molecule has 0 atom stereocenters. The average molecular weight is 372 g/mol. The summed E-state index contributed by atoms with van der Waals surface area (Å²) >= 11 is 0. The van der Waals surface area contributed by atoms with Crippen molar-refractivity contribution >= 4 is 28.8 Å². The fraction of sp³-hybridized carbons (Fsp3) is 0.435. The number of hydrogen-bond donors (Lipinski definition) is 2. The lowest BCUT2D eigenvalue weighted by molar-refractivity contribution is -0.115. The largest absolute Gasteiger partial charge is 0.321 e. The summed E-state index contributed by atoms with van der Waals surface area (Å²) in [5.74, 6) is 3.06. The van der Waals surface area contributed by atoms with Crippen molar-refractivity contribution in [3.05, 3.63) is 47.8 Å². The molecule has 0 radical (unpaired) electrons. The topological polar surface area (TPSA) is 66.4 Å². The summed E-state index contributed by atoms with van der Waals surface area (Å²) in [6, 6.07) is 9.99. The molecule has 1 amide bonds. The van der Waals surface area contributed by atoms with Gasteiger partial charge < -0.3 is 5.32 Å². The van der Waals surface area contributed by atoms with Gasteiger partial charge in [0, 0.05) is 11.6 Å². The molecule has 2 aromatic rings. The van der Waals surface area contributed by atoms with E-state index in [1.165, 1.54) is 38.5 Å². The van der Waals surface area contributed by atoms with E-state index >= 15 is 0 Å². The molecule has 5 nitrogen and oxygen atoms in total. The first-order chi connectivity index (χ1) is 13.6. The average Bonchev–Trinajstić information content (AvgIpc) is 2.98. The third-order valence-corrected chi connectivity index (χ3v) is 7.02. The lowest BCUT2D eigenvalue weighted by atomic mass is 9.53. The predicted molar refractivity (Wildman–Crippen MR) is 109 cm³/mol. The van der Waals surface area contributed by atoms with Gasteiger partial charge in [-0.15, -0.1) is 0 Å². The van der Waals surface area contributed by atoms with Gasteiger partial charge in [-0.25, -0.2) is 4.99 Å². The van der Waals surface area contributed by atoms with Crippen LogP contribution in [0.4, 0.5) is 0 Å². The monoisotopic (exact) mass is 372 g/mol. The molecule has 5 aliphatic rings. The fourth-order valence-electron chi connectivity index (χ4n) is 6.34. The van der Waals surface area contributed by atoms with Crippen LogP contribution in [0.15, 0.2) is 47.2 Å². The summed E-state index contributed by atoms with van der Waals surface area (Å²) in [5.41, 5.74) is 2.55. The van der Waals surface area contributed by atoms with Crippen molar-refractivity contribution in [1.82, 2.24) is 15.6 Å². The first-order valence-corrected chi connectivity index (χ1v) is 10.4. The van der Waals surface area contributed by atoms with Crippen LogP contribution in [0.3, 0.4) is 0 Å². The number of pyridine rings is 1. The highest BCUT2D eigenvalue weighted by Crippen LogP contribution is 2.57. The SMILES string of the molecule is O=C1NC(=NC23CC4CC(CC(C4)C2)C3)N/C1=C\c1ccc2ncccc2c1. The molecule has 4 bridgehead atoms. The number of nitrogens with one attached hydrogen (secondary N) is 2. The molecule has 28 heavy (non-hydrogen) atoms. The van der Waals surface area contributed by atoms with E-state index in [0.29, 0.717) is 11.7 Å². The van der Waals surface area contributed by atoms with E-state index < -0.39 is 0 Å². The molecule has 0 unspecified atom stereocenters. The molecule has 5 fully saturated rings. The number of carbonyl (C=O) groups excluding carboxylic acids is 1. The maximum absolute atomic E-state index is 12.5. The zero-order chi connectivity index (χ0) is 18.7. The van der Waals surface area contributed by atoms with Crippen LogP contribution in [-0.4, -0.2) is 22.4 Å². The van der Waals surface area contributed by atoms with Gasteiger partial charge in [-0.3, -0.25) is 15.1 Å². The lowest BCUT2D eigenvalue weighted by Crippen LogP contribution is -2.50. The molecule has 1 aromatic heterocycles. The van der Waals surface area contributed by atoms with E-state index in [-0.39, 0.29) is 11.4 Å². The third kappa shape index (κ3) is 2.72. The van der Waals surface area contributed by atoms with Gasteiger partial charge in [-0.2, -0.15) is 0 Å². The smallest absolute Gasteiger partial charge is 0.274 e. The molecule has 2 N–H and O–H groups in total. The Morgan fingerprint density at radius 3 is 2.54 bits per heavy atom. The maximum Gasteiger partial charge on any atom is 0.274 e.